The first kappa shape index (κ1) is 21.2. The van der Waals surface area contributed by atoms with Crippen LogP contribution in [0.2, 0.25) is 0 Å². The molecule has 7 nitrogen and oxygen atoms in total. The largest absolute Gasteiger partial charge is 0.338 e. The maximum atomic E-state index is 13.2. The van der Waals surface area contributed by atoms with Gasteiger partial charge in [-0.05, 0) is 72.1 Å². The summed E-state index contributed by atoms with van der Waals surface area (Å²) in [6.45, 7) is 2.80. The van der Waals surface area contributed by atoms with E-state index in [2.05, 4.69) is 31.3 Å². The lowest BCUT2D eigenvalue weighted by Crippen LogP contribution is -2.41. The molecule has 1 aliphatic rings. The molecular formula is C22H21BrFN5O2. The van der Waals surface area contributed by atoms with E-state index in [4.69, 9.17) is 0 Å². The average molecular weight is 486 g/mol. The predicted molar refractivity (Wildman–Crippen MR) is 117 cm³/mol. The molecule has 0 atom stereocenters. The molecule has 1 aromatic carbocycles. The first-order valence-corrected chi connectivity index (χ1v) is 10.7. The number of carbonyl (C=O) groups excluding carboxylic acids is 2. The van der Waals surface area contributed by atoms with Gasteiger partial charge in [-0.3, -0.25) is 9.59 Å². The number of pyridine rings is 1. The zero-order valence-electron chi connectivity index (χ0n) is 16.9. The van der Waals surface area contributed by atoms with Crippen LogP contribution in [-0.4, -0.2) is 44.6 Å². The molecule has 9 heteroatoms. The molecule has 3 aromatic rings. The number of aromatic nitrogens is 3. The second kappa shape index (κ2) is 8.97. The molecule has 1 saturated heterocycles. The summed E-state index contributed by atoms with van der Waals surface area (Å²) in [6.07, 6.45) is 4.34. The van der Waals surface area contributed by atoms with Crippen LogP contribution in [0.5, 0.6) is 0 Å². The summed E-state index contributed by atoms with van der Waals surface area (Å²) in [5.74, 6) is -0.178. The van der Waals surface area contributed by atoms with Crippen molar-refractivity contribution in [3.63, 3.8) is 0 Å². The molecule has 0 aliphatic carbocycles. The number of amides is 2. The number of hydrogen-bond acceptors (Lipinski definition) is 4. The van der Waals surface area contributed by atoms with Gasteiger partial charge in [0.2, 0.25) is 5.91 Å². The average Bonchev–Trinajstić information content (AvgIpc) is 3.16. The van der Waals surface area contributed by atoms with Crippen LogP contribution in [0.15, 0.2) is 53.3 Å². The van der Waals surface area contributed by atoms with Gasteiger partial charge in [0.05, 0.1) is 23.1 Å². The van der Waals surface area contributed by atoms with Gasteiger partial charge in [-0.15, -0.1) is 0 Å². The molecule has 1 aliphatic heterocycles. The van der Waals surface area contributed by atoms with Crippen molar-refractivity contribution >= 4 is 33.6 Å². The Morgan fingerprint density at radius 3 is 2.45 bits per heavy atom. The first-order chi connectivity index (χ1) is 14.9. The summed E-state index contributed by atoms with van der Waals surface area (Å²) >= 11 is 3.32. The Balaban J connectivity index is 1.37. The molecule has 0 unspecified atom stereocenters. The zero-order valence-corrected chi connectivity index (χ0v) is 18.5. The normalized spacial score (nSPS) is 14.5. The third-order valence-corrected chi connectivity index (χ3v) is 5.91. The maximum Gasteiger partial charge on any atom is 0.257 e. The van der Waals surface area contributed by atoms with Gasteiger partial charge in [-0.1, -0.05) is 0 Å². The topological polar surface area (TPSA) is 80.1 Å². The molecule has 1 N–H and O–H groups in total. The summed E-state index contributed by atoms with van der Waals surface area (Å²) in [5, 5.41) is 7.13. The van der Waals surface area contributed by atoms with Crippen LogP contribution in [0, 0.1) is 18.7 Å². The quantitative estimate of drug-likeness (QED) is 0.606. The van der Waals surface area contributed by atoms with Crippen molar-refractivity contribution in [3.8, 4) is 5.69 Å². The van der Waals surface area contributed by atoms with E-state index in [0.29, 0.717) is 48.7 Å². The fraction of sp³-hybridized carbons (Fsp3) is 0.273. The van der Waals surface area contributed by atoms with Gasteiger partial charge in [0, 0.05) is 29.7 Å². The summed E-state index contributed by atoms with van der Waals surface area (Å²) < 4.78 is 15.6. The predicted octanol–water partition coefficient (Wildman–Crippen LogP) is 3.97. The summed E-state index contributed by atoms with van der Waals surface area (Å²) in [5.41, 5.74) is 1.89. The standard InChI is InChI=1S/C22H21BrFN5O2/c1-14-19(13-26-29(14)18-5-3-17(24)4-6-18)22(31)28-10-8-15(9-11-28)21(30)27-20-7-2-16(23)12-25-20/h2-7,12-13,15H,8-11H2,1H3,(H,25,27,30). The number of rotatable bonds is 4. The number of nitrogens with one attached hydrogen (secondary N) is 1. The molecule has 3 heterocycles. The number of nitrogens with zero attached hydrogens (tertiary/aromatic N) is 4. The second-order valence-electron chi connectivity index (χ2n) is 7.45. The minimum absolute atomic E-state index is 0.0813. The smallest absolute Gasteiger partial charge is 0.257 e. The molecule has 1 fully saturated rings. The number of benzene rings is 1. The van der Waals surface area contributed by atoms with Crippen molar-refractivity contribution < 1.29 is 14.0 Å². The van der Waals surface area contributed by atoms with Gasteiger partial charge in [-0.2, -0.15) is 5.10 Å². The monoisotopic (exact) mass is 485 g/mol. The van der Waals surface area contributed by atoms with Crippen molar-refractivity contribution in [2.24, 2.45) is 5.92 Å². The van der Waals surface area contributed by atoms with Crippen molar-refractivity contribution in [2.75, 3.05) is 18.4 Å². The molecule has 0 saturated carbocycles. The first-order valence-electron chi connectivity index (χ1n) is 9.94. The molecule has 0 radical (unpaired) electrons. The van der Waals surface area contributed by atoms with Gasteiger partial charge < -0.3 is 10.2 Å². The van der Waals surface area contributed by atoms with Crippen LogP contribution >= 0.6 is 15.9 Å². The second-order valence-corrected chi connectivity index (χ2v) is 8.36. The number of carbonyl (C=O) groups is 2. The van der Waals surface area contributed by atoms with Gasteiger partial charge in [0.15, 0.2) is 0 Å². The molecule has 160 valence electrons. The van der Waals surface area contributed by atoms with Crippen molar-refractivity contribution in [1.29, 1.82) is 0 Å². The number of likely N-dealkylation sites (tertiary alicyclic amines) is 1. The summed E-state index contributed by atoms with van der Waals surface area (Å²) in [6, 6.07) is 9.51. The summed E-state index contributed by atoms with van der Waals surface area (Å²) in [4.78, 5) is 31.5. The zero-order chi connectivity index (χ0) is 22.0. The van der Waals surface area contributed by atoms with E-state index in [1.165, 1.54) is 12.1 Å². The molecule has 0 spiro atoms. The molecular weight excluding hydrogens is 465 g/mol. The van der Waals surface area contributed by atoms with E-state index in [1.807, 2.05) is 13.0 Å². The Kier molecular flexibility index (Phi) is 6.13. The minimum atomic E-state index is -0.326. The number of anilines is 1. The van der Waals surface area contributed by atoms with E-state index >= 15 is 0 Å². The van der Waals surface area contributed by atoms with Crippen LogP contribution in [-0.2, 0) is 4.79 Å². The van der Waals surface area contributed by atoms with E-state index in [9.17, 15) is 14.0 Å². The highest BCUT2D eigenvalue weighted by atomic mass is 79.9. The van der Waals surface area contributed by atoms with Crippen LogP contribution in [0.4, 0.5) is 10.2 Å². The fourth-order valence-corrected chi connectivity index (χ4v) is 3.89. The lowest BCUT2D eigenvalue weighted by molar-refractivity contribution is -0.121. The summed E-state index contributed by atoms with van der Waals surface area (Å²) in [7, 11) is 0. The van der Waals surface area contributed by atoms with E-state index in [0.717, 1.165) is 4.47 Å². The Morgan fingerprint density at radius 2 is 1.81 bits per heavy atom. The van der Waals surface area contributed by atoms with E-state index in [-0.39, 0.29) is 23.5 Å². The molecule has 2 amide bonds. The van der Waals surface area contributed by atoms with Crippen LogP contribution in [0.25, 0.3) is 5.69 Å². The van der Waals surface area contributed by atoms with Gasteiger partial charge in [0.1, 0.15) is 11.6 Å². The SMILES string of the molecule is Cc1c(C(=O)N2CCC(C(=O)Nc3ccc(Br)cn3)CC2)cnn1-c1ccc(F)cc1. The molecule has 31 heavy (non-hydrogen) atoms. The molecule has 4 rings (SSSR count). The highest BCUT2D eigenvalue weighted by molar-refractivity contribution is 9.10. The maximum absolute atomic E-state index is 13.2. The van der Waals surface area contributed by atoms with Crippen molar-refractivity contribution in [2.45, 2.75) is 19.8 Å². The number of piperidine rings is 1. The van der Waals surface area contributed by atoms with E-state index in [1.54, 1.807) is 40.2 Å². The number of halogens is 2. The Bertz CT molecular complexity index is 1090. The third kappa shape index (κ3) is 4.66. The third-order valence-electron chi connectivity index (χ3n) is 5.44. The molecule has 2 aromatic heterocycles. The Labute approximate surface area is 187 Å². The lowest BCUT2D eigenvalue weighted by Gasteiger charge is -2.31. The lowest BCUT2D eigenvalue weighted by atomic mass is 9.95. The van der Waals surface area contributed by atoms with Crippen LogP contribution in [0.3, 0.4) is 0 Å². The Hall–Kier alpha value is -3.07. The molecule has 0 bridgehead atoms. The number of hydrogen-bond donors (Lipinski definition) is 1. The highest BCUT2D eigenvalue weighted by Gasteiger charge is 2.29. The van der Waals surface area contributed by atoms with Crippen LogP contribution in [0.1, 0.15) is 28.9 Å². The fourth-order valence-electron chi connectivity index (χ4n) is 3.66. The minimum Gasteiger partial charge on any atom is -0.338 e. The van der Waals surface area contributed by atoms with Gasteiger partial charge in [-0.25, -0.2) is 14.1 Å². The van der Waals surface area contributed by atoms with Gasteiger partial charge >= 0.3 is 0 Å². The van der Waals surface area contributed by atoms with Crippen LogP contribution < -0.4 is 5.32 Å². The van der Waals surface area contributed by atoms with Crippen molar-refractivity contribution in [3.05, 3.63) is 70.3 Å². The highest BCUT2D eigenvalue weighted by Crippen LogP contribution is 2.23. The van der Waals surface area contributed by atoms with Crippen molar-refractivity contribution in [1.82, 2.24) is 19.7 Å². The van der Waals surface area contributed by atoms with Gasteiger partial charge in [0.25, 0.3) is 5.91 Å². The Morgan fingerprint density at radius 1 is 1.10 bits per heavy atom. The van der Waals surface area contributed by atoms with E-state index < -0.39 is 0 Å².